The lowest BCUT2D eigenvalue weighted by molar-refractivity contribution is -0.131. The van der Waals surface area contributed by atoms with Crippen molar-refractivity contribution in [3.63, 3.8) is 0 Å². The van der Waals surface area contributed by atoms with E-state index in [1.165, 1.54) is 6.08 Å². The van der Waals surface area contributed by atoms with Gasteiger partial charge in [0.25, 0.3) is 0 Å². The number of aryl methyl sites for hydroxylation is 1. The SMILES string of the molecule is CC/C=C(\C=C/CSC(F)(F)F)CC(=O)N1CCN(c2ccc(Cl)cc2C)C(c2ccc(Cl)cc2)C1. The van der Waals surface area contributed by atoms with Crippen molar-refractivity contribution < 1.29 is 18.0 Å². The van der Waals surface area contributed by atoms with Crippen molar-refractivity contribution in [1.82, 2.24) is 4.90 Å². The number of allylic oxidation sites excluding steroid dienone is 2. The Bertz CT molecular complexity index is 1100. The summed E-state index contributed by atoms with van der Waals surface area (Å²) in [6, 6.07) is 13.4. The lowest BCUT2D eigenvalue weighted by Gasteiger charge is -2.43. The fourth-order valence-electron chi connectivity index (χ4n) is 4.30. The summed E-state index contributed by atoms with van der Waals surface area (Å²) >= 11 is 12.2. The number of nitrogens with zero attached hydrogens (tertiary/aromatic N) is 2. The van der Waals surface area contributed by atoms with Gasteiger partial charge >= 0.3 is 5.51 Å². The van der Waals surface area contributed by atoms with E-state index in [0.717, 1.165) is 22.4 Å². The number of thioether (sulfide) groups is 1. The van der Waals surface area contributed by atoms with Gasteiger partial charge in [-0.05, 0) is 72.1 Å². The van der Waals surface area contributed by atoms with Crippen molar-refractivity contribution >= 4 is 46.6 Å². The second kappa shape index (κ2) is 12.9. The number of amides is 1. The maximum Gasteiger partial charge on any atom is 0.442 e. The molecule has 3 rings (SSSR count). The third-order valence-electron chi connectivity index (χ3n) is 5.95. The summed E-state index contributed by atoms with van der Waals surface area (Å²) in [4.78, 5) is 17.4. The standard InChI is InChI=1S/C27H29Cl2F3N2OS/c1-3-5-20(6-4-15-36-27(30,31)32)17-26(35)33-13-14-34(24-12-11-23(29)16-19(24)2)25(18-33)21-7-9-22(28)10-8-21/h4-12,16,25H,3,13-15,17-18H2,1-2H3/b6-4-,20-5+. The highest BCUT2D eigenvalue weighted by molar-refractivity contribution is 8.00. The van der Waals surface area contributed by atoms with Crippen molar-refractivity contribution in [2.45, 2.75) is 38.2 Å². The number of carbonyl (C=O) groups excluding carboxylic acids is 1. The molecule has 3 nitrogen and oxygen atoms in total. The van der Waals surface area contributed by atoms with E-state index in [1.807, 2.05) is 67.3 Å². The van der Waals surface area contributed by atoms with E-state index in [9.17, 15) is 18.0 Å². The first-order valence-corrected chi connectivity index (χ1v) is 13.4. The van der Waals surface area contributed by atoms with Gasteiger partial charge in [-0.1, -0.05) is 60.5 Å². The lowest BCUT2D eigenvalue weighted by Crippen LogP contribution is -2.50. The molecule has 36 heavy (non-hydrogen) atoms. The summed E-state index contributed by atoms with van der Waals surface area (Å²) in [5, 5.41) is 1.31. The Morgan fingerprint density at radius 3 is 2.44 bits per heavy atom. The minimum atomic E-state index is -4.27. The molecule has 1 saturated heterocycles. The van der Waals surface area contributed by atoms with Gasteiger partial charge in [-0.25, -0.2) is 0 Å². The van der Waals surface area contributed by atoms with Crippen molar-refractivity contribution in [3.05, 3.63) is 87.4 Å². The molecule has 1 amide bonds. The quantitative estimate of drug-likeness (QED) is 0.306. The first-order chi connectivity index (χ1) is 17.1. The zero-order valence-corrected chi connectivity index (χ0v) is 22.5. The Kier molecular flexibility index (Phi) is 10.2. The smallest absolute Gasteiger partial charge is 0.361 e. The molecule has 1 fully saturated rings. The van der Waals surface area contributed by atoms with Crippen LogP contribution in [-0.2, 0) is 4.79 Å². The highest BCUT2D eigenvalue weighted by Crippen LogP contribution is 2.35. The summed E-state index contributed by atoms with van der Waals surface area (Å²) in [6.07, 6.45) is 5.82. The molecule has 194 valence electrons. The van der Waals surface area contributed by atoms with Crippen LogP contribution in [0.15, 0.2) is 66.3 Å². The van der Waals surface area contributed by atoms with Gasteiger partial charge in [0.1, 0.15) is 0 Å². The number of rotatable bonds is 8. The third kappa shape index (κ3) is 8.22. The van der Waals surface area contributed by atoms with Crippen LogP contribution in [0.1, 0.15) is 36.9 Å². The molecule has 0 spiro atoms. The van der Waals surface area contributed by atoms with Crippen molar-refractivity contribution in [2.24, 2.45) is 0 Å². The molecular weight excluding hydrogens is 528 g/mol. The summed E-state index contributed by atoms with van der Waals surface area (Å²) < 4.78 is 37.2. The Morgan fingerprint density at radius 2 is 1.81 bits per heavy atom. The minimum absolute atomic E-state index is 0.0470. The van der Waals surface area contributed by atoms with Crippen LogP contribution in [-0.4, -0.2) is 41.7 Å². The van der Waals surface area contributed by atoms with Gasteiger partial charge in [-0.2, -0.15) is 13.2 Å². The van der Waals surface area contributed by atoms with Gasteiger partial charge in [0, 0.05) is 41.1 Å². The summed E-state index contributed by atoms with van der Waals surface area (Å²) in [5.41, 5.74) is -0.392. The average molecular weight is 558 g/mol. The fourth-order valence-corrected chi connectivity index (χ4v) is 5.03. The van der Waals surface area contributed by atoms with Crippen molar-refractivity contribution in [2.75, 3.05) is 30.3 Å². The predicted octanol–water partition coefficient (Wildman–Crippen LogP) is 8.23. The van der Waals surface area contributed by atoms with Crippen LogP contribution in [0.2, 0.25) is 10.0 Å². The second-order valence-electron chi connectivity index (χ2n) is 8.55. The Morgan fingerprint density at radius 1 is 1.11 bits per heavy atom. The molecule has 2 aromatic carbocycles. The zero-order chi connectivity index (χ0) is 26.3. The predicted molar refractivity (Wildman–Crippen MR) is 145 cm³/mol. The number of hydrogen-bond donors (Lipinski definition) is 0. The van der Waals surface area contributed by atoms with Gasteiger partial charge in [-0.3, -0.25) is 4.79 Å². The van der Waals surface area contributed by atoms with E-state index in [4.69, 9.17) is 23.2 Å². The van der Waals surface area contributed by atoms with E-state index in [-0.39, 0.29) is 35.9 Å². The first kappa shape index (κ1) is 28.5. The number of halogens is 5. The highest BCUT2D eigenvalue weighted by atomic mass is 35.5. The molecule has 9 heteroatoms. The minimum Gasteiger partial charge on any atom is -0.361 e. The Balaban J connectivity index is 1.78. The molecule has 2 aromatic rings. The molecule has 1 atom stereocenters. The number of benzene rings is 2. The van der Waals surface area contributed by atoms with Gasteiger partial charge in [0.15, 0.2) is 0 Å². The molecule has 1 unspecified atom stereocenters. The van der Waals surface area contributed by atoms with Crippen LogP contribution >= 0.6 is 35.0 Å². The largest absolute Gasteiger partial charge is 0.442 e. The summed E-state index contributed by atoms with van der Waals surface area (Å²) in [5.74, 6) is -0.231. The summed E-state index contributed by atoms with van der Waals surface area (Å²) in [7, 11) is 0. The Hall–Kier alpha value is -2.09. The molecule has 0 aromatic heterocycles. The van der Waals surface area contributed by atoms with Gasteiger partial charge < -0.3 is 9.80 Å². The van der Waals surface area contributed by atoms with E-state index < -0.39 is 5.51 Å². The van der Waals surface area contributed by atoms with Crippen LogP contribution < -0.4 is 4.90 Å². The van der Waals surface area contributed by atoms with Crippen LogP contribution in [0.25, 0.3) is 0 Å². The highest BCUT2D eigenvalue weighted by Gasteiger charge is 2.32. The topological polar surface area (TPSA) is 23.6 Å². The number of piperazine rings is 1. The molecule has 1 aliphatic heterocycles. The van der Waals surface area contributed by atoms with E-state index in [1.54, 1.807) is 6.08 Å². The normalized spacial score (nSPS) is 17.2. The third-order valence-corrected chi connectivity index (χ3v) is 7.13. The number of carbonyl (C=O) groups is 1. The van der Waals surface area contributed by atoms with Crippen molar-refractivity contribution in [3.8, 4) is 0 Å². The average Bonchev–Trinajstić information content (AvgIpc) is 2.81. The lowest BCUT2D eigenvalue weighted by atomic mass is 9.99. The molecule has 0 aliphatic carbocycles. The second-order valence-corrected chi connectivity index (χ2v) is 10.5. The van der Waals surface area contributed by atoms with Crippen LogP contribution in [0.5, 0.6) is 0 Å². The maximum absolute atomic E-state index is 13.3. The van der Waals surface area contributed by atoms with Crippen LogP contribution in [0.3, 0.4) is 0 Å². The van der Waals surface area contributed by atoms with E-state index in [2.05, 4.69) is 4.90 Å². The van der Waals surface area contributed by atoms with Crippen LogP contribution in [0, 0.1) is 6.92 Å². The summed E-state index contributed by atoms with van der Waals surface area (Å²) in [6.45, 7) is 5.61. The van der Waals surface area contributed by atoms with E-state index in [0.29, 0.717) is 36.1 Å². The molecule has 0 bridgehead atoms. The number of alkyl halides is 3. The van der Waals surface area contributed by atoms with Gasteiger partial charge in [0.2, 0.25) is 5.91 Å². The van der Waals surface area contributed by atoms with Crippen LogP contribution in [0.4, 0.5) is 18.9 Å². The van der Waals surface area contributed by atoms with Gasteiger partial charge in [0.05, 0.1) is 12.5 Å². The number of hydrogen-bond acceptors (Lipinski definition) is 3. The van der Waals surface area contributed by atoms with Gasteiger partial charge in [-0.15, -0.1) is 0 Å². The molecule has 0 saturated carbocycles. The fraction of sp³-hybridized carbons (Fsp3) is 0.370. The zero-order valence-electron chi connectivity index (χ0n) is 20.2. The molecule has 1 heterocycles. The monoisotopic (exact) mass is 556 g/mol. The van der Waals surface area contributed by atoms with E-state index >= 15 is 0 Å². The van der Waals surface area contributed by atoms with Crippen molar-refractivity contribution in [1.29, 1.82) is 0 Å². The Labute approximate surface area is 224 Å². The maximum atomic E-state index is 13.3. The number of anilines is 1. The molecular formula is C27H29Cl2F3N2OS. The molecule has 1 aliphatic rings. The molecule has 0 N–H and O–H groups in total. The molecule has 0 radical (unpaired) electrons. The first-order valence-electron chi connectivity index (χ1n) is 11.7.